The minimum atomic E-state index is 0.0823. The summed E-state index contributed by atoms with van der Waals surface area (Å²) in [7, 11) is 0. The van der Waals surface area contributed by atoms with Crippen LogP contribution in [0.2, 0.25) is 0 Å². The number of hydrazone groups is 1. The molecular weight excluding hydrogens is 416 g/mol. The summed E-state index contributed by atoms with van der Waals surface area (Å²) in [4.78, 5) is 7.28. The summed E-state index contributed by atoms with van der Waals surface area (Å²) in [6.45, 7) is 20.3. The summed E-state index contributed by atoms with van der Waals surface area (Å²) < 4.78 is 0. The molecule has 3 rings (SSSR count). The number of aliphatic imine (C=N–C) groups is 1. The molecule has 0 spiro atoms. The van der Waals surface area contributed by atoms with E-state index in [0.717, 1.165) is 42.2 Å². The number of benzene rings is 2. The lowest BCUT2D eigenvalue weighted by Crippen LogP contribution is -2.36. The smallest absolute Gasteiger partial charge is 0.107 e. The van der Waals surface area contributed by atoms with Crippen molar-refractivity contribution in [3.8, 4) is 0 Å². The minimum Gasteiger partial charge on any atom is -0.319 e. The maximum absolute atomic E-state index is 4.97. The van der Waals surface area contributed by atoms with Gasteiger partial charge in [0.25, 0.3) is 0 Å². The van der Waals surface area contributed by atoms with Gasteiger partial charge >= 0.3 is 0 Å². The first-order valence-corrected chi connectivity index (χ1v) is 12.1. The SMILES string of the molecule is C=C(C)NN=C(C)C.C=C1C(CCC)=C(CC)N=C(C)N1C(c1ccccc1)c1ccccc1. The summed E-state index contributed by atoms with van der Waals surface area (Å²) >= 11 is 0. The Kier molecular flexibility index (Phi) is 10.5. The predicted octanol–water partition coefficient (Wildman–Crippen LogP) is 7.99. The lowest BCUT2D eigenvalue weighted by molar-refractivity contribution is 0.429. The first-order valence-electron chi connectivity index (χ1n) is 12.1. The second-order valence-electron chi connectivity index (χ2n) is 8.68. The van der Waals surface area contributed by atoms with Crippen molar-refractivity contribution in [3.63, 3.8) is 0 Å². The maximum atomic E-state index is 4.97. The molecule has 4 heteroatoms. The number of nitrogens with zero attached hydrogens (tertiary/aromatic N) is 3. The Balaban J connectivity index is 0.000000440. The molecule has 4 nitrogen and oxygen atoms in total. The van der Waals surface area contributed by atoms with Crippen molar-refractivity contribution in [3.05, 3.63) is 108 Å². The van der Waals surface area contributed by atoms with E-state index >= 15 is 0 Å². The zero-order valence-electron chi connectivity index (χ0n) is 21.7. The van der Waals surface area contributed by atoms with Gasteiger partial charge in [-0.25, -0.2) is 4.99 Å². The predicted molar refractivity (Wildman–Crippen MR) is 148 cm³/mol. The number of rotatable bonds is 8. The Morgan fingerprint density at radius 1 is 0.971 bits per heavy atom. The van der Waals surface area contributed by atoms with Gasteiger partial charge in [-0.2, -0.15) is 5.10 Å². The van der Waals surface area contributed by atoms with Crippen molar-refractivity contribution < 1.29 is 0 Å². The van der Waals surface area contributed by atoms with Crippen LogP contribution in [0.25, 0.3) is 0 Å². The van der Waals surface area contributed by atoms with E-state index in [1.54, 1.807) is 0 Å². The van der Waals surface area contributed by atoms with E-state index in [4.69, 9.17) is 4.99 Å². The summed E-state index contributed by atoms with van der Waals surface area (Å²) in [5.41, 5.74) is 10.7. The Hall–Kier alpha value is -3.40. The molecule has 0 atom stereocenters. The highest BCUT2D eigenvalue weighted by molar-refractivity contribution is 5.86. The van der Waals surface area contributed by atoms with Crippen LogP contribution in [0, 0.1) is 0 Å². The molecule has 0 aromatic heterocycles. The first kappa shape index (κ1) is 26.8. The molecule has 0 saturated carbocycles. The van der Waals surface area contributed by atoms with Gasteiger partial charge in [-0.15, -0.1) is 0 Å². The molecule has 0 fully saturated rings. The van der Waals surface area contributed by atoms with Crippen molar-refractivity contribution in [1.29, 1.82) is 0 Å². The van der Waals surface area contributed by atoms with Crippen LogP contribution in [0.3, 0.4) is 0 Å². The molecule has 34 heavy (non-hydrogen) atoms. The summed E-state index contributed by atoms with van der Waals surface area (Å²) in [5, 5.41) is 3.89. The molecule has 1 aliphatic rings. The van der Waals surface area contributed by atoms with E-state index < -0.39 is 0 Å². The van der Waals surface area contributed by atoms with Crippen LogP contribution in [-0.4, -0.2) is 16.4 Å². The maximum Gasteiger partial charge on any atom is 0.107 e. The second-order valence-corrected chi connectivity index (χ2v) is 8.68. The highest BCUT2D eigenvalue weighted by atomic mass is 15.3. The van der Waals surface area contributed by atoms with Crippen molar-refractivity contribution in [1.82, 2.24) is 10.3 Å². The number of nitrogens with one attached hydrogen (secondary N) is 1. The summed E-state index contributed by atoms with van der Waals surface area (Å²) in [5.74, 6) is 1.02. The fraction of sp³-hybridized carbons (Fsp3) is 0.333. The van der Waals surface area contributed by atoms with Crippen LogP contribution in [-0.2, 0) is 0 Å². The van der Waals surface area contributed by atoms with Crippen LogP contribution in [0.5, 0.6) is 0 Å². The lowest BCUT2D eigenvalue weighted by Gasteiger charge is -2.39. The highest BCUT2D eigenvalue weighted by Crippen LogP contribution is 2.38. The molecule has 0 aliphatic carbocycles. The number of hydrogen-bond donors (Lipinski definition) is 1. The van der Waals surface area contributed by atoms with Crippen LogP contribution < -0.4 is 5.43 Å². The molecule has 0 radical (unpaired) electrons. The van der Waals surface area contributed by atoms with Crippen molar-refractivity contribution in [2.24, 2.45) is 10.1 Å². The molecule has 0 unspecified atom stereocenters. The molecule has 2 aromatic rings. The average Bonchev–Trinajstić information content (AvgIpc) is 2.83. The Labute approximate surface area is 206 Å². The van der Waals surface area contributed by atoms with Gasteiger partial charge in [0.2, 0.25) is 0 Å². The third-order valence-electron chi connectivity index (χ3n) is 5.43. The van der Waals surface area contributed by atoms with E-state index in [0.29, 0.717) is 0 Å². The minimum absolute atomic E-state index is 0.0823. The third kappa shape index (κ3) is 7.31. The van der Waals surface area contributed by atoms with Gasteiger partial charge in [0.15, 0.2) is 0 Å². The number of amidine groups is 1. The van der Waals surface area contributed by atoms with E-state index in [1.165, 1.54) is 22.4 Å². The van der Waals surface area contributed by atoms with Crippen molar-refractivity contribution in [2.45, 2.75) is 66.8 Å². The quantitative estimate of drug-likeness (QED) is 0.323. The zero-order chi connectivity index (χ0) is 25.1. The largest absolute Gasteiger partial charge is 0.319 e. The second kappa shape index (κ2) is 13.3. The van der Waals surface area contributed by atoms with Gasteiger partial charge in [-0.1, -0.05) is 94.1 Å². The van der Waals surface area contributed by atoms with Crippen molar-refractivity contribution in [2.75, 3.05) is 0 Å². The molecule has 1 N–H and O–H groups in total. The summed E-state index contributed by atoms with van der Waals surface area (Å²) in [6.07, 6.45) is 3.06. The molecule has 0 saturated heterocycles. The normalized spacial score (nSPS) is 13.2. The van der Waals surface area contributed by atoms with E-state index in [9.17, 15) is 0 Å². The standard InChI is InChI=1S/C24H28N2.C6H12N2/c1-5-13-22-18(3)26(19(4)25-23(22)6-2)24(20-14-9-7-10-15-20)21-16-11-8-12-17-21;1-5(2)7-8-6(3)4/h7-12,14-17,24H,3,5-6,13H2,1-2,4H3;7H,1H2,2-4H3. The number of hydrogen-bond acceptors (Lipinski definition) is 4. The molecule has 0 bridgehead atoms. The van der Waals surface area contributed by atoms with Crippen LogP contribution >= 0.6 is 0 Å². The Morgan fingerprint density at radius 2 is 1.50 bits per heavy atom. The van der Waals surface area contributed by atoms with Crippen LogP contribution in [0.15, 0.2) is 107 Å². The molecular formula is C30H40N4. The topological polar surface area (TPSA) is 40.0 Å². The van der Waals surface area contributed by atoms with Gasteiger partial charge in [0.1, 0.15) is 5.84 Å². The Bertz CT molecular complexity index is 1000. The number of allylic oxidation sites excluding steroid dienone is 3. The molecule has 0 amide bonds. The van der Waals surface area contributed by atoms with E-state index in [2.05, 4.69) is 110 Å². The highest BCUT2D eigenvalue weighted by Gasteiger charge is 2.30. The van der Waals surface area contributed by atoms with E-state index in [1.807, 2.05) is 20.8 Å². The summed E-state index contributed by atoms with van der Waals surface area (Å²) in [6, 6.07) is 21.4. The fourth-order valence-corrected chi connectivity index (χ4v) is 3.97. The van der Waals surface area contributed by atoms with Gasteiger partial charge in [-0.05, 0) is 57.2 Å². The third-order valence-corrected chi connectivity index (χ3v) is 5.43. The van der Waals surface area contributed by atoms with Gasteiger partial charge < -0.3 is 4.90 Å². The van der Waals surface area contributed by atoms with Crippen LogP contribution in [0.4, 0.5) is 0 Å². The fourth-order valence-electron chi connectivity index (χ4n) is 3.97. The molecule has 2 aromatic carbocycles. The zero-order valence-corrected chi connectivity index (χ0v) is 21.7. The van der Waals surface area contributed by atoms with E-state index in [-0.39, 0.29) is 6.04 Å². The van der Waals surface area contributed by atoms with Crippen molar-refractivity contribution >= 4 is 11.5 Å². The average molecular weight is 457 g/mol. The molecule has 180 valence electrons. The monoisotopic (exact) mass is 456 g/mol. The first-order chi connectivity index (χ1) is 16.3. The Morgan fingerprint density at radius 3 is 1.88 bits per heavy atom. The van der Waals surface area contributed by atoms with Gasteiger partial charge in [0.05, 0.1) is 6.04 Å². The van der Waals surface area contributed by atoms with Crippen LogP contribution in [0.1, 0.15) is 78.0 Å². The molecule has 1 heterocycles. The lowest BCUT2D eigenvalue weighted by atomic mass is 9.93. The van der Waals surface area contributed by atoms with Gasteiger partial charge in [0, 0.05) is 22.8 Å². The molecule has 1 aliphatic heterocycles. The van der Waals surface area contributed by atoms with Gasteiger partial charge in [-0.3, -0.25) is 5.43 Å².